The van der Waals surface area contributed by atoms with Crippen LogP contribution < -0.4 is 9.91 Å². The quantitative estimate of drug-likeness (QED) is 0.588. The maximum atomic E-state index is 14.1. The molecule has 0 radical (unpaired) electrons. The van der Waals surface area contributed by atoms with E-state index in [1.54, 1.807) is 31.2 Å². The van der Waals surface area contributed by atoms with Crippen molar-refractivity contribution >= 4 is 44.9 Å². The number of nitrogens with zero attached hydrogens (tertiary/aromatic N) is 4. The summed E-state index contributed by atoms with van der Waals surface area (Å²) in [5, 5.41) is 6.28. The van der Waals surface area contributed by atoms with Crippen LogP contribution in [0.5, 0.6) is 0 Å². The van der Waals surface area contributed by atoms with Crippen molar-refractivity contribution in [2.24, 2.45) is 10.5 Å². The molecule has 0 aromatic heterocycles. The average molecular weight is 511 g/mol. The predicted octanol–water partition coefficient (Wildman–Crippen LogP) is 3.71. The van der Waals surface area contributed by atoms with Gasteiger partial charge in [-0.1, -0.05) is 15.9 Å². The molecule has 2 aromatic carbocycles. The highest BCUT2D eigenvalue weighted by Gasteiger charge is 2.59. The fraction of sp³-hybridized carbons (Fsp3) is 0.400. The van der Waals surface area contributed by atoms with E-state index in [0.29, 0.717) is 24.3 Å². The molecule has 5 rings (SSSR count). The summed E-state index contributed by atoms with van der Waals surface area (Å²) in [6.07, 6.45) is 0.613. The van der Waals surface area contributed by atoms with E-state index in [-0.39, 0.29) is 17.9 Å². The van der Waals surface area contributed by atoms with Gasteiger partial charge in [-0.2, -0.15) is 10.1 Å². The van der Waals surface area contributed by atoms with Crippen molar-refractivity contribution in [2.75, 3.05) is 43.2 Å². The van der Waals surface area contributed by atoms with E-state index >= 15 is 0 Å². The van der Waals surface area contributed by atoms with E-state index < -0.39 is 5.41 Å². The number of piperazine rings is 1. The zero-order chi connectivity index (χ0) is 23.3. The van der Waals surface area contributed by atoms with Crippen molar-refractivity contribution in [3.8, 4) is 0 Å². The third-order valence-corrected chi connectivity index (χ3v) is 7.56. The minimum Gasteiger partial charge on any atom is -0.462 e. The predicted molar refractivity (Wildman–Crippen MR) is 132 cm³/mol. The van der Waals surface area contributed by atoms with Gasteiger partial charge in [0.15, 0.2) is 0 Å². The summed E-state index contributed by atoms with van der Waals surface area (Å²) in [7, 11) is 2.11. The number of carbonyl (C=O) groups excluding carboxylic acids is 2. The third kappa shape index (κ3) is 3.47. The molecule has 1 amide bonds. The van der Waals surface area contributed by atoms with Gasteiger partial charge in [-0.15, -0.1) is 0 Å². The third-order valence-electron chi connectivity index (χ3n) is 7.07. The number of halogens is 1. The maximum Gasteiger partial charge on any atom is 0.338 e. The molecule has 1 fully saturated rings. The summed E-state index contributed by atoms with van der Waals surface area (Å²) >= 11 is 3.60. The van der Waals surface area contributed by atoms with Crippen LogP contribution >= 0.6 is 15.9 Å². The monoisotopic (exact) mass is 510 g/mol. The van der Waals surface area contributed by atoms with Crippen LogP contribution in [0.1, 0.15) is 29.8 Å². The van der Waals surface area contributed by atoms with E-state index in [9.17, 15) is 9.59 Å². The van der Waals surface area contributed by atoms with Crippen molar-refractivity contribution < 1.29 is 14.3 Å². The molecule has 2 unspecified atom stereocenters. The largest absolute Gasteiger partial charge is 0.462 e. The Balaban J connectivity index is 1.54. The number of fused-ring (bicyclic) bond motifs is 4. The van der Waals surface area contributed by atoms with Crippen LogP contribution in [0.2, 0.25) is 0 Å². The summed E-state index contributed by atoms with van der Waals surface area (Å²) in [6.45, 7) is 6.68. The first-order valence-corrected chi connectivity index (χ1v) is 12.1. The Morgan fingerprint density at radius 3 is 2.70 bits per heavy atom. The lowest BCUT2D eigenvalue weighted by Crippen LogP contribution is -2.66. The molecule has 3 aliphatic rings. The minimum atomic E-state index is -0.734. The summed E-state index contributed by atoms with van der Waals surface area (Å²) < 4.78 is 6.08. The first-order chi connectivity index (χ1) is 15.8. The van der Waals surface area contributed by atoms with Crippen molar-refractivity contribution in [3.05, 3.63) is 58.1 Å². The zero-order valence-electron chi connectivity index (χ0n) is 19.0. The number of benzene rings is 2. The normalized spacial score (nSPS) is 24.5. The lowest BCUT2D eigenvalue weighted by Gasteiger charge is -2.52. The molecule has 1 spiro atoms. The first-order valence-electron chi connectivity index (χ1n) is 11.3. The minimum absolute atomic E-state index is 0.00461. The Morgan fingerprint density at radius 1 is 1.21 bits per heavy atom. The number of rotatable bonds is 3. The maximum absolute atomic E-state index is 14.1. The Labute approximate surface area is 202 Å². The first kappa shape index (κ1) is 22.1. The SMILES string of the molecule is CCOC(=O)c1ccc(N2N=C(C)C3(Cc4cc(Br)ccc4N4CCN(C)CC43)C2=O)cc1. The van der Waals surface area contributed by atoms with Crippen LogP contribution in [0.4, 0.5) is 11.4 Å². The van der Waals surface area contributed by atoms with Gasteiger partial charge in [-0.05, 0) is 75.3 Å². The van der Waals surface area contributed by atoms with E-state index in [4.69, 9.17) is 9.84 Å². The van der Waals surface area contributed by atoms with Gasteiger partial charge >= 0.3 is 5.97 Å². The Bertz CT molecular complexity index is 1150. The number of amides is 1. The van der Waals surface area contributed by atoms with E-state index in [1.165, 1.54) is 10.7 Å². The van der Waals surface area contributed by atoms with Gasteiger partial charge in [0.1, 0.15) is 5.41 Å². The highest BCUT2D eigenvalue weighted by atomic mass is 79.9. The van der Waals surface area contributed by atoms with Crippen LogP contribution in [0, 0.1) is 5.41 Å². The van der Waals surface area contributed by atoms with Gasteiger partial charge in [-0.25, -0.2) is 4.79 Å². The topological polar surface area (TPSA) is 65.5 Å². The Morgan fingerprint density at radius 2 is 1.97 bits per heavy atom. The molecule has 7 nitrogen and oxygen atoms in total. The van der Waals surface area contributed by atoms with Gasteiger partial charge in [-0.3, -0.25) is 4.79 Å². The highest BCUT2D eigenvalue weighted by molar-refractivity contribution is 9.10. The molecule has 2 atom stereocenters. The molecule has 2 aromatic rings. The summed E-state index contributed by atoms with van der Waals surface area (Å²) in [6, 6.07) is 13.3. The van der Waals surface area contributed by atoms with Crippen LogP contribution in [-0.2, 0) is 16.0 Å². The number of likely N-dealkylation sites (N-methyl/N-ethyl adjacent to an activating group) is 1. The Kier molecular flexibility index (Phi) is 5.53. The summed E-state index contributed by atoms with van der Waals surface area (Å²) in [5.41, 5.74) is 3.58. The lowest BCUT2D eigenvalue weighted by atomic mass is 9.67. The second-order valence-electron chi connectivity index (χ2n) is 8.96. The van der Waals surface area contributed by atoms with Crippen molar-refractivity contribution in [3.63, 3.8) is 0 Å². The number of ether oxygens (including phenoxy) is 1. The molecule has 33 heavy (non-hydrogen) atoms. The van der Waals surface area contributed by atoms with E-state index in [2.05, 4.69) is 51.0 Å². The summed E-state index contributed by atoms with van der Waals surface area (Å²) in [4.78, 5) is 30.9. The standard InChI is InChI=1S/C25H27BrN4O3/c1-4-33-23(31)17-5-8-20(9-6-17)30-24(32)25(16(2)27-30)14-18-13-19(26)7-10-21(18)29-12-11-28(3)15-22(25)29/h5-10,13,22H,4,11-12,14-15H2,1-3H3. The molecular formula is C25H27BrN4O3. The van der Waals surface area contributed by atoms with Gasteiger partial charge in [0, 0.05) is 29.8 Å². The molecule has 8 heteroatoms. The van der Waals surface area contributed by atoms with Gasteiger partial charge in [0.05, 0.1) is 29.6 Å². The highest BCUT2D eigenvalue weighted by Crippen LogP contribution is 2.48. The van der Waals surface area contributed by atoms with E-state index in [1.807, 2.05) is 6.92 Å². The Hall–Kier alpha value is -2.71. The van der Waals surface area contributed by atoms with Crippen LogP contribution in [0.15, 0.2) is 52.0 Å². The second kappa shape index (κ2) is 8.25. The van der Waals surface area contributed by atoms with Gasteiger partial charge in [0.25, 0.3) is 5.91 Å². The van der Waals surface area contributed by atoms with Crippen molar-refractivity contribution in [2.45, 2.75) is 26.3 Å². The van der Waals surface area contributed by atoms with E-state index in [0.717, 1.165) is 35.4 Å². The smallest absolute Gasteiger partial charge is 0.338 e. The second-order valence-corrected chi connectivity index (χ2v) is 9.88. The molecular weight excluding hydrogens is 484 g/mol. The number of anilines is 2. The molecule has 3 heterocycles. The lowest BCUT2D eigenvalue weighted by molar-refractivity contribution is -0.125. The molecule has 1 saturated heterocycles. The molecule has 172 valence electrons. The number of carbonyl (C=O) groups is 2. The number of hydrazone groups is 1. The zero-order valence-corrected chi connectivity index (χ0v) is 20.6. The van der Waals surface area contributed by atoms with Crippen LogP contribution in [-0.4, -0.2) is 61.8 Å². The average Bonchev–Trinajstić information content (AvgIpc) is 3.05. The van der Waals surface area contributed by atoms with Gasteiger partial charge < -0.3 is 14.5 Å². The fourth-order valence-corrected chi connectivity index (χ4v) is 5.78. The number of hydrogen-bond acceptors (Lipinski definition) is 6. The fourth-order valence-electron chi connectivity index (χ4n) is 5.37. The van der Waals surface area contributed by atoms with Crippen molar-refractivity contribution in [1.29, 1.82) is 0 Å². The molecule has 0 saturated carbocycles. The number of hydrogen-bond donors (Lipinski definition) is 0. The molecule has 0 N–H and O–H groups in total. The molecule has 3 aliphatic heterocycles. The summed E-state index contributed by atoms with van der Waals surface area (Å²) in [5.74, 6) is -0.386. The van der Waals surface area contributed by atoms with Crippen LogP contribution in [0.3, 0.4) is 0 Å². The van der Waals surface area contributed by atoms with Crippen molar-refractivity contribution in [1.82, 2.24) is 4.90 Å². The molecule has 0 aliphatic carbocycles. The number of esters is 1. The van der Waals surface area contributed by atoms with Gasteiger partial charge in [0.2, 0.25) is 0 Å². The van der Waals surface area contributed by atoms with Crippen LogP contribution in [0.25, 0.3) is 0 Å². The molecule has 0 bridgehead atoms.